The van der Waals surface area contributed by atoms with E-state index in [1.165, 1.54) is 13.8 Å². The maximum absolute atomic E-state index is 15.4. The van der Waals surface area contributed by atoms with E-state index in [2.05, 4.69) is 0 Å². The highest BCUT2D eigenvalue weighted by Gasteiger charge is 2.65. The average molecular weight is 517 g/mol. The molecule has 4 atom stereocenters. The Bertz CT molecular complexity index is 1310. The molecule has 3 aromatic rings. The zero-order chi connectivity index (χ0) is 27.1. The number of hydrogen-bond donors (Lipinski definition) is 1. The molecule has 0 bridgehead atoms. The summed E-state index contributed by atoms with van der Waals surface area (Å²) >= 11 is 0. The molecule has 2 amide bonds. The third kappa shape index (κ3) is 4.20. The van der Waals surface area contributed by atoms with E-state index < -0.39 is 29.2 Å². The number of rotatable bonds is 8. The molecule has 1 saturated heterocycles. The van der Waals surface area contributed by atoms with Crippen LogP contribution in [0.1, 0.15) is 38.3 Å². The number of ether oxygens (including phenoxy) is 1. The fraction of sp³-hybridized carbons (Fsp3) is 0.355. The normalized spacial score (nSPS) is 24.6. The van der Waals surface area contributed by atoms with Crippen molar-refractivity contribution in [3.05, 3.63) is 90.0 Å². The van der Waals surface area contributed by atoms with Crippen LogP contribution in [0.2, 0.25) is 0 Å². The van der Waals surface area contributed by atoms with Crippen LogP contribution in [-0.2, 0) is 26.5 Å². The summed E-state index contributed by atoms with van der Waals surface area (Å²) in [5.41, 5.74) is 0.930. The summed E-state index contributed by atoms with van der Waals surface area (Å²) in [6.07, 6.45) is 0.451. The Morgan fingerprint density at radius 3 is 2.29 bits per heavy atom. The van der Waals surface area contributed by atoms with Crippen LogP contribution in [0.5, 0.6) is 0 Å². The second-order valence-electron chi connectivity index (χ2n) is 10.7. The summed E-state index contributed by atoms with van der Waals surface area (Å²) in [7, 11) is 0. The summed E-state index contributed by atoms with van der Waals surface area (Å²) < 4.78 is 21.9. The lowest BCUT2D eigenvalue weighted by Gasteiger charge is -2.32. The summed E-state index contributed by atoms with van der Waals surface area (Å²) in [6.45, 7) is 5.07. The van der Waals surface area contributed by atoms with Gasteiger partial charge in [0.05, 0.1) is 18.3 Å². The molecule has 0 radical (unpaired) electrons. The standard InChI is InChI=1S/C31H33FN2O4/c1-21-28(30(2,3)32)27(17-18-35)38-31(21)25-11-7-8-12-26(25)33(29(31)37)19-22-13-15-24(16-14-22)34(20-36)23-9-5-4-6-10-23/h4-16,20-21,27-28,35H,17-19H2,1-3H3/t21-,27+,28-,31+/m1/s1. The van der Waals surface area contributed by atoms with Crippen molar-refractivity contribution in [3.8, 4) is 0 Å². The molecule has 38 heavy (non-hydrogen) atoms. The van der Waals surface area contributed by atoms with Gasteiger partial charge in [-0.05, 0) is 56.2 Å². The number of halogens is 1. The van der Waals surface area contributed by atoms with E-state index in [1.807, 2.05) is 85.8 Å². The molecule has 198 valence electrons. The predicted molar refractivity (Wildman–Crippen MR) is 145 cm³/mol. The fourth-order valence-corrected chi connectivity index (χ4v) is 6.36. The zero-order valence-corrected chi connectivity index (χ0v) is 21.9. The highest BCUT2D eigenvalue weighted by atomic mass is 19.1. The number of benzene rings is 3. The minimum absolute atomic E-state index is 0.146. The number of carbonyl (C=O) groups excluding carboxylic acids is 2. The average Bonchev–Trinajstić information content (AvgIpc) is 3.33. The molecule has 1 N–H and O–H groups in total. The van der Waals surface area contributed by atoms with Crippen LogP contribution in [0.4, 0.5) is 21.5 Å². The van der Waals surface area contributed by atoms with Gasteiger partial charge in [-0.3, -0.25) is 14.5 Å². The largest absolute Gasteiger partial charge is 0.396 e. The third-order valence-corrected chi connectivity index (χ3v) is 7.98. The van der Waals surface area contributed by atoms with Crippen molar-refractivity contribution in [2.75, 3.05) is 16.4 Å². The Hall–Kier alpha value is -3.55. The van der Waals surface area contributed by atoms with Gasteiger partial charge in [-0.15, -0.1) is 0 Å². The van der Waals surface area contributed by atoms with Crippen molar-refractivity contribution in [3.63, 3.8) is 0 Å². The molecule has 0 unspecified atom stereocenters. The van der Waals surface area contributed by atoms with Gasteiger partial charge in [-0.1, -0.05) is 55.5 Å². The van der Waals surface area contributed by atoms with Crippen LogP contribution in [0.25, 0.3) is 0 Å². The molecule has 5 rings (SSSR count). The lowest BCUT2D eigenvalue weighted by atomic mass is 9.71. The third-order valence-electron chi connectivity index (χ3n) is 7.98. The first-order valence-corrected chi connectivity index (χ1v) is 13.0. The maximum Gasteiger partial charge on any atom is 0.264 e. The Morgan fingerprint density at radius 2 is 1.66 bits per heavy atom. The molecule has 2 aliphatic rings. The molecule has 0 saturated carbocycles. The molecule has 7 heteroatoms. The first-order valence-electron chi connectivity index (χ1n) is 13.0. The second kappa shape index (κ2) is 9.97. The smallest absolute Gasteiger partial charge is 0.264 e. The van der Waals surface area contributed by atoms with Gasteiger partial charge in [0.2, 0.25) is 6.41 Å². The number of fused-ring (bicyclic) bond motifs is 2. The molecular formula is C31H33FN2O4. The SMILES string of the molecule is C[C@@H]1[C@@H](C(C)(C)F)[C@H](CCO)O[C@@]12C(=O)N(Cc1ccc(N(C=O)c3ccccc3)cc1)c1ccccc12. The van der Waals surface area contributed by atoms with E-state index in [9.17, 15) is 14.7 Å². The summed E-state index contributed by atoms with van der Waals surface area (Å²) in [5.74, 6) is -1.21. The van der Waals surface area contributed by atoms with Gasteiger partial charge in [-0.25, -0.2) is 4.39 Å². The fourth-order valence-electron chi connectivity index (χ4n) is 6.36. The van der Waals surface area contributed by atoms with E-state index in [4.69, 9.17) is 4.74 Å². The molecule has 6 nitrogen and oxygen atoms in total. The van der Waals surface area contributed by atoms with Crippen molar-refractivity contribution in [2.24, 2.45) is 11.8 Å². The quantitative estimate of drug-likeness (QED) is 0.401. The molecule has 2 aliphatic heterocycles. The highest BCUT2D eigenvalue weighted by molar-refractivity contribution is 6.07. The first kappa shape index (κ1) is 26.1. The van der Waals surface area contributed by atoms with Crippen LogP contribution < -0.4 is 9.80 Å². The number of carbonyl (C=O) groups is 2. The van der Waals surface area contributed by atoms with Gasteiger partial charge in [0, 0.05) is 35.4 Å². The van der Waals surface area contributed by atoms with Crippen molar-refractivity contribution in [1.82, 2.24) is 0 Å². The van der Waals surface area contributed by atoms with Crippen molar-refractivity contribution in [2.45, 2.75) is 51.1 Å². The zero-order valence-electron chi connectivity index (χ0n) is 21.9. The van der Waals surface area contributed by atoms with Crippen LogP contribution in [0.15, 0.2) is 78.9 Å². The van der Waals surface area contributed by atoms with Gasteiger partial charge in [0.25, 0.3) is 5.91 Å². The monoisotopic (exact) mass is 516 g/mol. The minimum atomic E-state index is -1.59. The van der Waals surface area contributed by atoms with E-state index in [0.29, 0.717) is 12.2 Å². The van der Waals surface area contributed by atoms with Crippen LogP contribution in [0, 0.1) is 11.8 Å². The summed E-state index contributed by atoms with van der Waals surface area (Å²) in [6, 6.07) is 24.4. The van der Waals surface area contributed by atoms with E-state index in [1.54, 1.807) is 9.80 Å². The molecule has 2 heterocycles. The second-order valence-corrected chi connectivity index (χ2v) is 10.7. The van der Waals surface area contributed by atoms with E-state index >= 15 is 4.39 Å². The Morgan fingerprint density at radius 1 is 1.03 bits per heavy atom. The van der Waals surface area contributed by atoms with Crippen molar-refractivity contribution >= 4 is 29.4 Å². The van der Waals surface area contributed by atoms with Crippen LogP contribution in [0.3, 0.4) is 0 Å². The Kier molecular flexibility index (Phi) is 6.84. The molecule has 0 aliphatic carbocycles. The Balaban J connectivity index is 1.46. The van der Waals surface area contributed by atoms with Gasteiger partial charge in [0.1, 0.15) is 5.67 Å². The first-order chi connectivity index (χ1) is 18.2. The van der Waals surface area contributed by atoms with Crippen LogP contribution >= 0.6 is 0 Å². The van der Waals surface area contributed by atoms with Crippen molar-refractivity contribution in [1.29, 1.82) is 0 Å². The molecule has 3 aromatic carbocycles. The predicted octanol–water partition coefficient (Wildman–Crippen LogP) is 5.50. The molecule has 1 spiro atoms. The van der Waals surface area contributed by atoms with E-state index in [0.717, 1.165) is 28.9 Å². The molecular weight excluding hydrogens is 483 g/mol. The van der Waals surface area contributed by atoms with Gasteiger partial charge < -0.3 is 14.7 Å². The molecule has 1 fully saturated rings. The summed E-state index contributed by atoms with van der Waals surface area (Å²) in [5, 5.41) is 9.66. The Labute approximate surface area is 222 Å². The number of alkyl halides is 1. The highest BCUT2D eigenvalue weighted by Crippen LogP contribution is 2.58. The van der Waals surface area contributed by atoms with Crippen LogP contribution in [-0.4, -0.2) is 35.8 Å². The number of aliphatic hydroxyl groups is 1. The van der Waals surface area contributed by atoms with Gasteiger partial charge in [0.15, 0.2) is 5.60 Å². The maximum atomic E-state index is 15.4. The number of amides is 2. The topological polar surface area (TPSA) is 70.1 Å². The minimum Gasteiger partial charge on any atom is -0.396 e. The van der Waals surface area contributed by atoms with E-state index in [-0.39, 0.29) is 18.9 Å². The lowest BCUT2D eigenvalue weighted by molar-refractivity contribution is -0.146. The number of aliphatic hydroxyl groups excluding tert-OH is 1. The van der Waals surface area contributed by atoms with Crippen molar-refractivity contribution < 1.29 is 23.8 Å². The number of anilines is 3. The van der Waals surface area contributed by atoms with Gasteiger partial charge in [-0.2, -0.15) is 0 Å². The number of para-hydroxylation sites is 2. The molecule has 0 aromatic heterocycles. The van der Waals surface area contributed by atoms with Gasteiger partial charge >= 0.3 is 0 Å². The summed E-state index contributed by atoms with van der Waals surface area (Å²) in [4.78, 5) is 29.3. The lowest BCUT2D eigenvalue weighted by Crippen LogP contribution is -2.45. The number of hydrogen-bond acceptors (Lipinski definition) is 4. The number of nitrogens with zero attached hydrogens (tertiary/aromatic N) is 2.